The van der Waals surface area contributed by atoms with E-state index in [2.05, 4.69) is 77.5 Å². The standard InChI is InChI=1S/C25H29N3O2/c1-19-6-4-5-7-22(19)23(13-15-27-29)24-12-14-26-18-25(24)20-8-10-21(11-9-20)28(2)16-17-30-3/h4-12,14-15,18,23,29H,13,16-17H2,1-3H3/b27-15+. The van der Waals surface area contributed by atoms with Gasteiger partial charge in [0.2, 0.25) is 0 Å². The van der Waals surface area contributed by atoms with Gasteiger partial charge in [-0.1, -0.05) is 36.4 Å². The number of nitrogens with zero attached hydrogens (tertiary/aromatic N) is 3. The first-order chi connectivity index (χ1) is 14.7. The van der Waals surface area contributed by atoms with Crippen LogP contribution in [0.5, 0.6) is 0 Å². The van der Waals surface area contributed by atoms with Crippen molar-refractivity contribution >= 4 is 11.9 Å². The van der Waals surface area contributed by atoms with Gasteiger partial charge in [-0.15, -0.1) is 5.16 Å². The molecular formula is C25H29N3O2. The summed E-state index contributed by atoms with van der Waals surface area (Å²) in [5.41, 5.74) is 6.95. The molecule has 0 aliphatic heterocycles. The molecule has 0 radical (unpaired) electrons. The normalized spacial score (nSPS) is 12.2. The number of pyridine rings is 1. The van der Waals surface area contributed by atoms with Gasteiger partial charge in [-0.2, -0.15) is 0 Å². The van der Waals surface area contributed by atoms with Crippen molar-refractivity contribution < 1.29 is 9.94 Å². The summed E-state index contributed by atoms with van der Waals surface area (Å²) in [6.07, 6.45) is 5.92. The van der Waals surface area contributed by atoms with E-state index < -0.39 is 0 Å². The van der Waals surface area contributed by atoms with Crippen LogP contribution >= 0.6 is 0 Å². The number of oxime groups is 1. The van der Waals surface area contributed by atoms with Crippen molar-refractivity contribution in [1.82, 2.24) is 4.98 Å². The summed E-state index contributed by atoms with van der Waals surface area (Å²) < 4.78 is 5.17. The van der Waals surface area contributed by atoms with Crippen LogP contribution in [0.3, 0.4) is 0 Å². The van der Waals surface area contributed by atoms with E-state index in [4.69, 9.17) is 9.94 Å². The predicted octanol–water partition coefficient (Wildman–Crippen LogP) is 5.12. The van der Waals surface area contributed by atoms with Gasteiger partial charge in [0.05, 0.1) is 6.61 Å². The van der Waals surface area contributed by atoms with Gasteiger partial charge in [0.1, 0.15) is 0 Å². The quantitative estimate of drug-likeness (QED) is 0.306. The Labute approximate surface area is 178 Å². The molecule has 2 aromatic carbocycles. The summed E-state index contributed by atoms with van der Waals surface area (Å²) in [7, 11) is 3.78. The lowest BCUT2D eigenvalue weighted by molar-refractivity contribution is 0.206. The lowest BCUT2D eigenvalue weighted by atomic mass is 9.83. The van der Waals surface area contributed by atoms with Crippen LogP contribution in [0.1, 0.15) is 29.0 Å². The lowest BCUT2D eigenvalue weighted by Crippen LogP contribution is -2.21. The van der Waals surface area contributed by atoms with Crippen molar-refractivity contribution in [2.75, 3.05) is 32.2 Å². The highest BCUT2D eigenvalue weighted by Gasteiger charge is 2.19. The molecule has 1 N–H and O–H groups in total. The number of rotatable bonds is 9. The summed E-state index contributed by atoms with van der Waals surface area (Å²) in [5, 5.41) is 12.3. The largest absolute Gasteiger partial charge is 0.411 e. The third-order valence-electron chi connectivity index (χ3n) is 5.47. The number of hydrogen-bond acceptors (Lipinski definition) is 5. The van der Waals surface area contributed by atoms with Crippen LogP contribution in [0.4, 0.5) is 5.69 Å². The highest BCUT2D eigenvalue weighted by atomic mass is 16.5. The van der Waals surface area contributed by atoms with Gasteiger partial charge in [-0.05, 0) is 53.8 Å². The van der Waals surface area contributed by atoms with Crippen molar-refractivity contribution in [3.63, 3.8) is 0 Å². The van der Waals surface area contributed by atoms with Gasteiger partial charge in [-0.3, -0.25) is 4.98 Å². The number of anilines is 1. The molecule has 0 saturated carbocycles. The van der Waals surface area contributed by atoms with E-state index in [1.807, 2.05) is 18.5 Å². The van der Waals surface area contributed by atoms with E-state index in [1.165, 1.54) is 16.7 Å². The Balaban J connectivity index is 1.99. The molecule has 5 nitrogen and oxygen atoms in total. The predicted molar refractivity (Wildman–Crippen MR) is 123 cm³/mol. The molecule has 1 aromatic heterocycles. The van der Waals surface area contributed by atoms with Crippen molar-refractivity contribution in [3.8, 4) is 11.1 Å². The van der Waals surface area contributed by atoms with Gasteiger partial charge in [-0.25, -0.2) is 0 Å². The minimum atomic E-state index is 0.0733. The van der Waals surface area contributed by atoms with Gasteiger partial charge in [0.15, 0.2) is 0 Å². The monoisotopic (exact) mass is 403 g/mol. The first-order valence-electron chi connectivity index (χ1n) is 10.1. The highest BCUT2D eigenvalue weighted by molar-refractivity contribution is 5.71. The first kappa shape index (κ1) is 21.5. The second-order valence-electron chi connectivity index (χ2n) is 7.37. The Morgan fingerprint density at radius 1 is 1.10 bits per heavy atom. The van der Waals surface area contributed by atoms with Crippen LogP contribution in [0.2, 0.25) is 0 Å². The fourth-order valence-corrected chi connectivity index (χ4v) is 3.75. The number of benzene rings is 2. The molecule has 0 fully saturated rings. The van der Waals surface area contributed by atoms with E-state index in [-0.39, 0.29) is 5.92 Å². The van der Waals surface area contributed by atoms with Crippen molar-refractivity contribution in [2.45, 2.75) is 19.3 Å². The molecule has 5 heteroatoms. The van der Waals surface area contributed by atoms with Crippen LogP contribution in [0, 0.1) is 6.92 Å². The SMILES string of the molecule is COCCN(C)c1ccc(-c2cnccc2C(C/C=N/O)c2ccccc2C)cc1. The Hall–Kier alpha value is -3.18. The lowest BCUT2D eigenvalue weighted by Gasteiger charge is -2.22. The molecule has 0 spiro atoms. The number of aryl methyl sites for hydroxylation is 1. The van der Waals surface area contributed by atoms with Crippen LogP contribution < -0.4 is 4.90 Å². The molecular weight excluding hydrogens is 374 g/mol. The van der Waals surface area contributed by atoms with Crippen LogP contribution in [-0.4, -0.2) is 43.7 Å². The molecule has 30 heavy (non-hydrogen) atoms. The van der Waals surface area contributed by atoms with Crippen LogP contribution in [0.15, 0.2) is 72.1 Å². The van der Waals surface area contributed by atoms with E-state index in [0.29, 0.717) is 13.0 Å². The molecule has 0 aliphatic carbocycles. The number of methoxy groups -OCH3 is 1. The Morgan fingerprint density at radius 3 is 2.57 bits per heavy atom. The van der Waals surface area contributed by atoms with Gasteiger partial charge in [0, 0.05) is 56.5 Å². The molecule has 0 amide bonds. The Bertz CT molecular complexity index is 970. The third kappa shape index (κ3) is 5.05. The molecule has 1 unspecified atom stereocenters. The smallest absolute Gasteiger partial charge is 0.0637 e. The van der Waals surface area contributed by atoms with E-state index >= 15 is 0 Å². The zero-order valence-corrected chi connectivity index (χ0v) is 17.8. The Kier molecular flexibility index (Phi) is 7.57. The summed E-state index contributed by atoms with van der Waals surface area (Å²) in [4.78, 5) is 6.56. The van der Waals surface area contributed by atoms with Crippen LogP contribution in [-0.2, 0) is 4.74 Å². The molecule has 0 saturated heterocycles. The average Bonchev–Trinajstić information content (AvgIpc) is 2.79. The van der Waals surface area contributed by atoms with Crippen molar-refractivity contribution in [2.24, 2.45) is 5.16 Å². The molecule has 0 bridgehead atoms. The number of likely N-dealkylation sites (N-methyl/N-ethyl adjacent to an activating group) is 1. The first-order valence-corrected chi connectivity index (χ1v) is 10.1. The maximum Gasteiger partial charge on any atom is 0.0637 e. The van der Waals surface area contributed by atoms with Crippen molar-refractivity contribution in [3.05, 3.63) is 83.7 Å². The van der Waals surface area contributed by atoms with E-state index in [9.17, 15) is 0 Å². The molecule has 3 aromatic rings. The minimum absolute atomic E-state index is 0.0733. The number of ether oxygens (including phenoxy) is 1. The van der Waals surface area contributed by atoms with E-state index in [0.717, 1.165) is 23.4 Å². The summed E-state index contributed by atoms with van der Waals surface area (Å²) in [6.45, 7) is 3.64. The molecule has 0 aliphatic rings. The second kappa shape index (κ2) is 10.6. The third-order valence-corrected chi connectivity index (χ3v) is 5.47. The van der Waals surface area contributed by atoms with Gasteiger partial charge >= 0.3 is 0 Å². The summed E-state index contributed by atoms with van der Waals surface area (Å²) in [5.74, 6) is 0.0733. The summed E-state index contributed by atoms with van der Waals surface area (Å²) >= 11 is 0. The topological polar surface area (TPSA) is 58.0 Å². The maximum absolute atomic E-state index is 9.05. The Morgan fingerprint density at radius 2 is 1.87 bits per heavy atom. The van der Waals surface area contributed by atoms with Crippen LogP contribution in [0.25, 0.3) is 11.1 Å². The summed E-state index contributed by atoms with van der Waals surface area (Å²) in [6, 6.07) is 18.9. The molecule has 1 atom stereocenters. The molecule has 3 rings (SSSR count). The van der Waals surface area contributed by atoms with Crippen molar-refractivity contribution in [1.29, 1.82) is 0 Å². The van der Waals surface area contributed by atoms with Gasteiger partial charge in [0.25, 0.3) is 0 Å². The maximum atomic E-state index is 9.05. The molecule has 156 valence electrons. The van der Waals surface area contributed by atoms with Gasteiger partial charge < -0.3 is 14.8 Å². The van der Waals surface area contributed by atoms with E-state index in [1.54, 1.807) is 13.3 Å². The fourth-order valence-electron chi connectivity index (χ4n) is 3.75. The minimum Gasteiger partial charge on any atom is -0.411 e. The zero-order chi connectivity index (χ0) is 21.3. The average molecular weight is 404 g/mol. The zero-order valence-electron chi connectivity index (χ0n) is 17.8. The molecule has 1 heterocycles. The number of hydrogen-bond donors (Lipinski definition) is 1. The fraction of sp³-hybridized carbons (Fsp3) is 0.280. The second-order valence-corrected chi connectivity index (χ2v) is 7.37. The highest BCUT2D eigenvalue weighted by Crippen LogP contribution is 2.36. The number of aromatic nitrogens is 1.